The first-order chi connectivity index (χ1) is 17.0. The second kappa shape index (κ2) is 9.83. The third-order valence-electron chi connectivity index (χ3n) is 6.79. The molecule has 0 atom stereocenters. The van der Waals surface area contributed by atoms with Crippen LogP contribution in [0.15, 0.2) is 30.3 Å². The molecule has 0 aliphatic carbocycles. The Morgan fingerprint density at radius 2 is 1.58 bits per heavy atom. The molecule has 1 saturated heterocycles. The van der Waals surface area contributed by atoms with Crippen LogP contribution in [0.25, 0.3) is 0 Å². The van der Waals surface area contributed by atoms with Crippen LogP contribution in [-0.4, -0.2) is 46.3 Å². The summed E-state index contributed by atoms with van der Waals surface area (Å²) in [6.07, 6.45) is 1.55. The molecule has 0 radical (unpaired) electrons. The topological polar surface area (TPSA) is 81.8 Å². The van der Waals surface area contributed by atoms with Crippen molar-refractivity contribution in [3.05, 3.63) is 64.5 Å². The van der Waals surface area contributed by atoms with Crippen LogP contribution in [0.2, 0.25) is 0 Å². The molecular formula is C26H29F3N4O3. The summed E-state index contributed by atoms with van der Waals surface area (Å²) in [4.78, 5) is 39.9. The van der Waals surface area contributed by atoms with Crippen molar-refractivity contribution in [3.8, 4) is 0 Å². The summed E-state index contributed by atoms with van der Waals surface area (Å²) in [6.45, 7) is 5.80. The van der Waals surface area contributed by atoms with Gasteiger partial charge in [-0.25, -0.2) is 18.0 Å². The summed E-state index contributed by atoms with van der Waals surface area (Å²) in [7, 11) is 0. The molecule has 2 aromatic rings. The van der Waals surface area contributed by atoms with Gasteiger partial charge in [0.2, 0.25) is 11.8 Å². The Hall–Kier alpha value is -3.56. The number of fused-ring (bicyclic) bond motifs is 1. The molecule has 1 fully saturated rings. The van der Waals surface area contributed by atoms with Crippen LogP contribution in [-0.2, 0) is 22.7 Å². The molecule has 7 nitrogen and oxygen atoms in total. The van der Waals surface area contributed by atoms with Crippen LogP contribution in [0, 0.1) is 17.5 Å². The van der Waals surface area contributed by atoms with Gasteiger partial charge in [0.15, 0.2) is 17.5 Å². The monoisotopic (exact) mass is 502 g/mol. The van der Waals surface area contributed by atoms with Crippen molar-refractivity contribution in [3.63, 3.8) is 0 Å². The van der Waals surface area contributed by atoms with Gasteiger partial charge in [0.25, 0.3) is 0 Å². The van der Waals surface area contributed by atoms with Crippen molar-refractivity contribution in [2.75, 3.05) is 18.4 Å². The number of likely N-dealkylation sites (tertiary alicyclic amines) is 1. The number of carbonyl (C=O) groups excluding carboxylic acids is 3. The van der Waals surface area contributed by atoms with E-state index in [-0.39, 0.29) is 41.9 Å². The van der Waals surface area contributed by atoms with Gasteiger partial charge < -0.3 is 20.4 Å². The van der Waals surface area contributed by atoms with E-state index in [4.69, 9.17) is 0 Å². The SMILES string of the molecule is CC(=O)NC(C)(C)C(=O)N1CCC(c2ccc(NC(=O)N3Cc4cc(F)c(F)c(F)c4C3)cc2)CC1. The molecule has 4 rings (SSSR count). The average Bonchev–Trinajstić information content (AvgIpc) is 3.26. The Labute approximate surface area is 207 Å². The van der Waals surface area contributed by atoms with Crippen LogP contribution in [0.4, 0.5) is 23.7 Å². The quantitative estimate of drug-likeness (QED) is 0.613. The molecule has 192 valence electrons. The number of hydrogen-bond donors (Lipinski definition) is 2. The number of carbonyl (C=O) groups is 3. The van der Waals surface area contributed by atoms with Gasteiger partial charge in [-0.2, -0.15) is 0 Å². The number of rotatable bonds is 4. The third-order valence-corrected chi connectivity index (χ3v) is 6.79. The molecule has 0 aromatic heterocycles. The molecule has 0 saturated carbocycles. The van der Waals surface area contributed by atoms with E-state index in [2.05, 4.69) is 10.6 Å². The van der Waals surface area contributed by atoms with Crippen LogP contribution < -0.4 is 10.6 Å². The van der Waals surface area contributed by atoms with E-state index in [0.29, 0.717) is 18.8 Å². The Bertz CT molecular complexity index is 1190. The van der Waals surface area contributed by atoms with E-state index >= 15 is 0 Å². The van der Waals surface area contributed by atoms with Crippen molar-refractivity contribution in [1.29, 1.82) is 0 Å². The number of nitrogens with zero attached hydrogens (tertiary/aromatic N) is 2. The standard InChI is InChI=1S/C26H29F3N4O3/c1-15(34)31-26(2,3)24(35)32-10-8-17(9-11-32)16-4-6-19(7-5-16)30-25(36)33-13-18-12-21(27)23(29)22(28)20(18)14-33/h4-7,12,17H,8-11,13-14H2,1-3H3,(H,30,36)(H,31,34). The lowest BCUT2D eigenvalue weighted by Crippen LogP contribution is -2.56. The van der Waals surface area contributed by atoms with Crippen LogP contribution in [0.3, 0.4) is 0 Å². The molecule has 2 heterocycles. The zero-order valence-electron chi connectivity index (χ0n) is 20.5. The van der Waals surface area contributed by atoms with Crippen molar-refractivity contribution >= 4 is 23.5 Å². The number of anilines is 1. The van der Waals surface area contributed by atoms with Crippen molar-refractivity contribution in [2.24, 2.45) is 0 Å². The van der Waals surface area contributed by atoms with Gasteiger partial charge in [-0.1, -0.05) is 12.1 Å². The molecule has 2 aliphatic rings. The minimum Gasteiger partial charge on any atom is -0.342 e. The molecule has 2 aliphatic heterocycles. The molecule has 36 heavy (non-hydrogen) atoms. The summed E-state index contributed by atoms with van der Waals surface area (Å²) in [5, 5.41) is 5.44. The number of amides is 4. The number of piperidine rings is 1. The average molecular weight is 503 g/mol. The van der Waals surface area contributed by atoms with Gasteiger partial charge in [-0.05, 0) is 61.9 Å². The fourth-order valence-corrected chi connectivity index (χ4v) is 4.94. The maximum Gasteiger partial charge on any atom is 0.322 e. The minimum absolute atomic E-state index is 0.00955. The van der Waals surface area contributed by atoms with Gasteiger partial charge in [0.1, 0.15) is 5.54 Å². The lowest BCUT2D eigenvalue weighted by molar-refractivity contribution is -0.141. The molecule has 4 amide bonds. The molecule has 0 unspecified atom stereocenters. The number of urea groups is 1. The fourth-order valence-electron chi connectivity index (χ4n) is 4.94. The second-order valence-corrected chi connectivity index (χ2v) is 9.90. The maximum atomic E-state index is 14.0. The molecule has 10 heteroatoms. The van der Waals surface area contributed by atoms with E-state index in [9.17, 15) is 27.6 Å². The third kappa shape index (κ3) is 5.17. The van der Waals surface area contributed by atoms with Gasteiger partial charge in [-0.15, -0.1) is 0 Å². The van der Waals surface area contributed by atoms with Crippen LogP contribution >= 0.6 is 0 Å². The highest BCUT2D eigenvalue weighted by molar-refractivity contribution is 5.90. The number of hydrogen-bond acceptors (Lipinski definition) is 3. The van der Waals surface area contributed by atoms with E-state index in [1.54, 1.807) is 30.9 Å². The predicted molar refractivity (Wildman–Crippen MR) is 127 cm³/mol. The largest absolute Gasteiger partial charge is 0.342 e. The normalized spacial score (nSPS) is 16.1. The highest BCUT2D eigenvalue weighted by atomic mass is 19.2. The van der Waals surface area contributed by atoms with Gasteiger partial charge in [0, 0.05) is 37.8 Å². The smallest absolute Gasteiger partial charge is 0.322 e. The Morgan fingerprint density at radius 3 is 2.19 bits per heavy atom. The summed E-state index contributed by atoms with van der Waals surface area (Å²) >= 11 is 0. The van der Waals surface area contributed by atoms with E-state index in [1.807, 2.05) is 12.1 Å². The first kappa shape index (κ1) is 25.5. The molecule has 2 N–H and O–H groups in total. The van der Waals surface area contributed by atoms with Gasteiger partial charge >= 0.3 is 6.03 Å². The number of nitrogens with one attached hydrogen (secondary N) is 2. The summed E-state index contributed by atoms with van der Waals surface area (Å²) in [6, 6.07) is 7.81. The molecule has 0 spiro atoms. The van der Waals surface area contributed by atoms with Crippen LogP contribution in [0.1, 0.15) is 56.2 Å². The van der Waals surface area contributed by atoms with Crippen LogP contribution in [0.5, 0.6) is 0 Å². The Morgan fingerprint density at radius 1 is 0.944 bits per heavy atom. The number of benzene rings is 2. The molecular weight excluding hydrogens is 473 g/mol. The highest BCUT2D eigenvalue weighted by Gasteiger charge is 2.35. The zero-order chi connectivity index (χ0) is 26.2. The summed E-state index contributed by atoms with van der Waals surface area (Å²) in [5.41, 5.74) is 0.917. The Balaban J connectivity index is 1.31. The van der Waals surface area contributed by atoms with E-state index < -0.39 is 29.0 Å². The van der Waals surface area contributed by atoms with Gasteiger partial charge in [-0.3, -0.25) is 9.59 Å². The van der Waals surface area contributed by atoms with Crippen molar-refractivity contribution in [2.45, 2.75) is 58.2 Å². The van der Waals surface area contributed by atoms with E-state index in [1.165, 1.54) is 11.8 Å². The fraction of sp³-hybridized carbons (Fsp3) is 0.423. The predicted octanol–water partition coefficient (Wildman–Crippen LogP) is 4.27. The van der Waals surface area contributed by atoms with E-state index in [0.717, 1.165) is 24.5 Å². The summed E-state index contributed by atoms with van der Waals surface area (Å²) in [5.74, 6) is -4.16. The first-order valence-electron chi connectivity index (χ1n) is 11.9. The van der Waals surface area contributed by atoms with Crippen molar-refractivity contribution < 1.29 is 27.6 Å². The zero-order valence-corrected chi connectivity index (χ0v) is 20.5. The minimum atomic E-state index is -1.53. The van der Waals surface area contributed by atoms with Crippen molar-refractivity contribution in [1.82, 2.24) is 15.1 Å². The molecule has 2 aromatic carbocycles. The van der Waals surface area contributed by atoms with Gasteiger partial charge in [0.05, 0.1) is 6.54 Å². The molecule has 0 bridgehead atoms. The summed E-state index contributed by atoms with van der Waals surface area (Å²) < 4.78 is 41.0. The number of halogens is 3. The second-order valence-electron chi connectivity index (χ2n) is 9.90. The highest BCUT2D eigenvalue weighted by Crippen LogP contribution is 2.31. The Kier molecular flexibility index (Phi) is 6.97. The maximum absolute atomic E-state index is 14.0. The lowest BCUT2D eigenvalue weighted by Gasteiger charge is -2.37. The lowest BCUT2D eigenvalue weighted by atomic mass is 9.88. The first-order valence-corrected chi connectivity index (χ1v) is 11.9.